The van der Waals surface area contributed by atoms with Crippen LogP contribution in [-0.4, -0.2) is 36.7 Å². The Labute approximate surface area is 141 Å². The van der Waals surface area contributed by atoms with Crippen LogP contribution in [0.2, 0.25) is 0 Å². The van der Waals surface area contributed by atoms with Crippen molar-refractivity contribution in [2.45, 2.75) is 32.1 Å². The van der Waals surface area contributed by atoms with Gasteiger partial charge in [-0.3, -0.25) is 9.59 Å². The van der Waals surface area contributed by atoms with Gasteiger partial charge in [-0.2, -0.15) is 0 Å². The van der Waals surface area contributed by atoms with Gasteiger partial charge < -0.3 is 15.2 Å². The highest BCUT2D eigenvalue weighted by atomic mass is 19.1. The van der Waals surface area contributed by atoms with Crippen molar-refractivity contribution in [2.75, 3.05) is 19.8 Å². The van der Waals surface area contributed by atoms with E-state index in [1.165, 1.54) is 12.1 Å². The molecule has 2 rings (SSSR count). The Morgan fingerprint density at radius 2 is 1.92 bits per heavy atom. The van der Waals surface area contributed by atoms with Crippen LogP contribution in [0.3, 0.4) is 0 Å². The minimum absolute atomic E-state index is 0.0334. The highest BCUT2D eigenvalue weighted by Crippen LogP contribution is 2.24. The maximum Gasteiger partial charge on any atom is 0.308 e. The molecule has 1 saturated heterocycles. The second kappa shape index (κ2) is 8.78. The lowest BCUT2D eigenvalue weighted by Gasteiger charge is -2.27. The lowest BCUT2D eigenvalue weighted by Crippen LogP contribution is -2.39. The first-order valence-corrected chi connectivity index (χ1v) is 8.30. The molecule has 0 aliphatic carbocycles. The first kappa shape index (κ1) is 18.4. The molecule has 6 heteroatoms. The highest BCUT2D eigenvalue weighted by Gasteiger charge is 2.30. The van der Waals surface area contributed by atoms with Crippen LogP contribution in [0, 0.1) is 17.7 Å². The Morgan fingerprint density at radius 1 is 1.29 bits per heavy atom. The van der Waals surface area contributed by atoms with Gasteiger partial charge in [0.25, 0.3) is 0 Å². The molecule has 0 radical (unpaired) electrons. The van der Waals surface area contributed by atoms with Crippen LogP contribution in [0.4, 0.5) is 4.39 Å². The van der Waals surface area contributed by atoms with E-state index in [9.17, 15) is 19.1 Å². The zero-order valence-corrected chi connectivity index (χ0v) is 13.8. The SMILES string of the molecule is CC(CC(=O)NCC(C(=O)O)C1CCOCC1)c1ccc(F)cc1. The fourth-order valence-electron chi connectivity index (χ4n) is 3.06. The van der Waals surface area contributed by atoms with E-state index in [0.717, 1.165) is 5.56 Å². The summed E-state index contributed by atoms with van der Waals surface area (Å²) in [6.45, 7) is 3.17. The summed E-state index contributed by atoms with van der Waals surface area (Å²) in [4.78, 5) is 23.6. The number of benzene rings is 1. The van der Waals surface area contributed by atoms with E-state index in [4.69, 9.17) is 4.74 Å². The molecule has 0 aromatic heterocycles. The van der Waals surface area contributed by atoms with E-state index < -0.39 is 11.9 Å². The fourth-order valence-corrected chi connectivity index (χ4v) is 3.06. The Hall–Kier alpha value is -1.95. The summed E-state index contributed by atoms with van der Waals surface area (Å²) in [5.74, 6) is -1.99. The zero-order chi connectivity index (χ0) is 17.5. The van der Waals surface area contributed by atoms with Gasteiger partial charge in [-0.15, -0.1) is 0 Å². The van der Waals surface area contributed by atoms with Gasteiger partial charge in [-0.1, -0.05) is 19.1 Å². The van der Waals surface area contributed by atoms with Gasteiger partial charge in [-0.25, -0.2) is 4.39 Å². The van der Waals surface area contributed by atoms with Crippen LogP contribution in [-0.2, 0) is 14.3 Å². The molecular weight excluding hydrogens is 313 g/mol. The third kappa shape index (κ3) is 5.30. The van der Waals surface area contributed by atoms with Crippen molar-refractivity contribution in [3.05, 3.63) is 35.6 Å². The monoisotopic (exact) mass is 337 g/mol. The molecule has 1 fully saturated rings. The summed E-state index contributed by atoms with van der Waals surface area (Å²) in [6.07, 6.45) is 1.66. The molecule has 5 nitrogen and oxygen atoms in total. The molecule has 1 aromatic carbocycles. The predicted molar refractivity (Wildman–Crippen MR) is 87.1 cm³/mol. The first-order chi connectivity index (χ1) is 11.5. The molecule has 1 aliphatic heterocycles. The van der Waals surface area contributed by atoms with E-state index in [2.05, 4.69) is 5.32 Å². The van der Waals surface area contributed by atoms with Crippen LogP contribution in [0.15, 0.2) is 24.3 Å². The van der Waals surface area contributed by atoms with Crippen LogP contribution in [0.5, 0.6) is 0 Å². The van der Waals surface area contributed by atoms with Crippen molar-refractivity contribution < 1.29 is 23.8 Å². The number of carbonyl (C=O) groups excluding carboxylic acids is 1. The summed E-state index contributed by atoms with van der Waals surface area (Å²) < 4.78 is 18.2. The van der Waals surface area contributed by atoms with Gasteiger partial charge in [0.15, 0.2) is 0 Å². The van der Waals surface area contributed by atoms with Crippen molar-refractivity contribution >= 4 is 11.9 Å². The minimum Gasteiger partial charge on any atom is -0.481 e. The van der Waals surface area contributed by atoms with E-state index in [-0.39, 0.29) is 36.5 Å². The molecule has 0 saturated carbocycles. The van der Waals surface area contributed by atoms with Crippen LogP contribution in [0.25, 0.3) is 0 Å². The number of halogens is 1. The Morgan fingerprint density at radius 3 is 2.50 bits per heavy atom. The third-order valence-corrected chi connectivity index (χ3v) is 4.60. The molecule has 0 spiro atoms. The Bertz CT molecular complexity index is 555. The van der Waals surface area contributed by atoms with Crippen LogP contribution >= 0.6 is 0 Å². The number of hydrogen-bond acceptors (Lipinski definition) is 3. The molecule has 2 unspecified atom stereocenters. The van der Waals surface area contributed by atoms with Crippen molar-refractivity contribution in [3.63, 3.8) is 0 Å². The maximum absolute atomic E-state index is 12.9. The largest absolute Gasteiger partial charge is 0.481 e. The lowest BCUT2D eigenvalue weighted by atomic mass is 9.86. The Kier molecular flexibility index (Phi) is 6.73. The van der Waals surface area contributed by atoms with Gasteiger partial charge in [0.05, 0.1) is 5.92 Å². The quantitative estimate of drug-likeness (QED) is 0.802. The Balaban J connectivity index is 1.84. The number of rotatable bonds is 7. The van der Waals surface area contributed by atoms with Crippen molar-refractivity contribution in [1.82, 2.24) is 5.32 Å². The summed E-state index contributed by atoms with van der Waals surface area (Å²) in [7, 11) is 0. The van der Waals surface area contributed by atoms with Crippen molar-refractivity contribution in [1.29, 1.82) is 0 Å². The standard InChI is InChI=1S/C18H24FNO4/c1-12(13-2-4-15(19)5-3-13)10-17(21)20-11-16(18(22)23)14-6-8-24-9-7-14/h2-5,12,14,16H,6-11H2,1H3,(H,20,21)(H,22,23). The average Bonchev–Trinajstić information content (AvgIpc) is 2.56. The first-order valence-electron chi connectivity index (χ1n) is 8.30. The number of carboxylic acid groups (broad SMARTS) is 1. The number of hydrogen-bond donors (Lipinski definition) is 2. The molecule has 132 valence electrons. The number of aliphatic carboxylic acids is 1. The summed E-state index contributed by atoms with van der Waals surface area (Å²) in [5.41, 5.74) is 0.880. The molecule has 2 N–H and O–H groups in total. The molecule has 24 heavy (non-hydrogen) atoms. The summed E-state index contributed by atoms with van der Waals surface area (Å²) in [6, 6.07) is 6.06. The van der Waals surface area contributed by atoms with E-state index in [0.29, 0.717) is 26.1 Å². The van der Waals surface area contributed by atoms with Gasteiger partial charge in [0, 0.05) is 26.2 Å². The smallest absolute Gasteiger partial charge is 0.308 e. The number of carboxylic acids is 1. The van der Waals surface area contributed by atoms with Crippen molar-refractivity contribution in [2.24, 2.45) is 11.8 Å². The molecular formula is C18H24FNO4. The van der Waals surface area contributed by atoms with Gasteiger partial charge in [-0.05, 0) is 42.4 Å². The van der Waals surface area contributed by atoms with Crippen molar-refractivity contribution in [3.8, 4) is 0 Å². The summed E-state index contributed by atoms with van der Waals surface area (Å²) >= 11 is 0. The molecule has 1 amide bonds. The van der Waals surface area contributed by atoms with Gasteiger partial charge >= 0.3 is 5.97 Å². The second-order valence-electron chi connectivity index (χ2n) is 6.36. The fraction of sp³-hybridized carbons (Fsp3) is 0.556. The number of nitrogens with one attached hydrogen (secondary N) is 1. The second-order valence-corrected chi connectivity index (χ2v) is 6.36. The predicted octanol–water partition coefficient (Wildman–Crippen LogP) is 2.56. The normalized spacial score (nSPS) is 17.9. The third-order valence-electron chi connectivity index (χ3n) is 4.60. The molecule has 0 bridgehead atoms. The molecule has 1 aromatic rings. The number of carbonyl (C=O) groups is 2. The zero-order valence-electron chi connectivity index (χ0n) is 13.8. The van der Waals surface area contributed by atoms with E-state index in [1.807, 2.05) is 6.92 Å². The maximum atomic E-state index is 12.9. The molecule has 1 heterocycles. The molecule has 1 aliphatic rings. The minimum atomic E-state index is -0.881. The number of ether oxygens (including phenoxy) is 1. The van der Waals surface area contributed by atoms with E-state index >= 15 is 0 Å². The summed E-state index contributed by atoms with van der Waals surface area (Å²) in [5, 5.41) is 12.1. The topological polar surface area (TPSA) is 75.6 Å². The van der Waals surface area contributed by atoms with Crippen LogP contribution in [0.1, 0.15) is 37.7 Å². The lowest BCUT2D eigenvalue weighted by molar-refractivity contribution is -0.145. The van der Waals surface area contributed by atoms with Gasteiger partial charge in [0.1, 0.15) is 5.82 Å². The number of amides is 1. The van der Waals surface area contributed by atoms with Crippen LogP contribution < -0.4 is 5.32 Å². The highest BCUT2D eigenvalue weighted by molar-refractivity contribution is 5.78. The van der Waals surface area contributed by atoms with E-state index in [1.54, 1.807) is 12.1 Å². The van der Waals surface area contributed by atoms with Gasteiger partial charge in [0.2, 0.25) is 5.91 Å². The molecule has 2 atom stereocenters. The average molecular weight is 337 g/mol.